The Labute approximate surface area is 198 Å². The van der Waals surface area contributed by atoms with E-state index >= 15 is 0 Å². The van der Waals surface area contributed by atoms with Gasteiger partial charge in [0, 0.05) is 25.7 Å². The van der Waals surface area contributed by atoms with Crippen molar-refractivity contribution in [2.45, 2.75) is 25.8 Å². The molecule has 0 amide bonds. The first-order chi connectivity index (χ1) is 16.0. The molecule has 1 saturated heterocycles. The Bertz CT molecular complexity index is 1400. The number of hydrogen-bond donors (Lipinski definition) is 2. The van der Waals surface area contributed by atoms with Gasteiger partial charge in [0.25, 0.3) is 11.5 Å². The molecule has 1 saturated carbocycles. The Kier molecular flexibility index (Phi) is 5.05. The lowest BCUT2D eigenvalue weighted by Crippen LogP contribution is -2.34. The zero-order valence-corrected chi connectivity index (χ0v) is 19.4. The van der Waals surface area contributed by atoms with Gasteiger partial charge in [0.1, 0.15) is 5.15 Å². The molecular formula is C23H22ClF2N5O3. The summed E-state index contributed by atoms with van der Waals surface area (Å²) in [6.07, 6.45) is 0. The third-order valence-electron chi connectivity index (χ3n) is 6.72. The molecule has 3 atom stereocenters. The minimum Gasteiger partial charge on any atom is -0.476 e. The Hall–Kier alpha value is -3.27. The van der Waals surface area contributed by atoms with Crippen molar-refractivity contribution in [3.05, 3.63) is 56.6 Å². The number of carboxylic acids is 1. The normalized spacial score (nSPS) is 21.4. The average molecular weight is 490 g/mol. The SMILES string of the molecule is Cc1cc([C@H](C)Nc2ccc(Cl)nc2C(=O)O)c2nc(N3CC4C(C3)C4(F)F)n(C)c(=O)c2c1. The van der Waals surface area contributed by atoms with Crippen molar-refractivity contribution in [2.24, 2.45) is 18.9 Å². The number of hydrogen-bond acceptors (Lipinski definition) is 6. The number of fused-ring (bicyclic) bond motifs is 2. The summed E-state index contributed by atoms with van der Waals surface area (Å²) in [7, 11) is 1.59. The van der Waals surface area contributed by atoms with Gasteiger partial charge in [0.2, 0.25) is 5.95 Å². The monoisotopic (exact) mass is 489 g/mol. The molecular weight excluding hydrogens is 468 g/mol. The lowest BCUT2D eigenvalue weighted by molar-refractivity contribution is 0.0691. The summed E-state index contributed by atoms with van der Waals surface area (Å²) in [6.45, 7) is 3.97. The second kappa shape index (κ2) is 7.63. The van der Waals surface area contributed by atoms with Crippen LogP contribution in [0.15, 0.2) is 29.1 Å². The number of alkyl halides is 2. The number of aromatic nitrogens is 3. The molecule has 0 bridgehead atoms. The van der Waals surface area contributed by atoms with Gasteiger partial charge in [-0.25, -0.2) is 23.5 Å². The maximum absolute atomic E-state index is 13.7. The van der Waals surface area contributed by atoms with E-state index in [1.807, 2.05) is 19.9 Å². The first kappa shape index (κ1) is 22.5. The molecule has 2 aliphatic rings. The maximum atomic E-state index is 13.7. The first-order valence-electron chi connectivity index (χ1n) is 10.8. The van der Waals surface area contributed by atoms with Crippen LogP contribution >= 0.6 is 11.6 Å². The van der Waals surface area contributed by atoms with Crippen molar-refractivity contribution in [3.63, 3.8) is 0 Å². The zero-order valence-electron chi connectivity index (χ0n) is 18.6. The number of nitrogens with zero attached hydrogens (tertiary/aromatic N) is 4. The molecule has 3 aromatic rings. The Morgan fingerprint density at radius 1 is 1.26 bits per heavy atom. The molecule has 2 aromatic heterocycles. The minimum absolute atomic E-state index is 0.0562. The van der Waals surface area contributed by atoms with Gasteiger partial charge in [0.15, 0.2) is 5.69 Å². The van der Waals surface area contributed by atoms with Crippen LogP contribution in [0.25, 0.3) is 10.9 Å². The molecule has 1 aromatic carbocycles. The van der Waals surface area contributed by atoms with Crippen LogP contribution < -0.4 is 15.8 Å². The van der Waals surface area contributed by atoms with Gasteiger partial charge in [-0.2, -0.15) is 0 Å². The van der Waals surface area contributed by atoms with E-state index in [0.717, 1.165) is 5.56 Å². The summed E-state index contributed by atoms with van der Waals surface area (Å²) in [4.78, 5) is 35.2. The molecule has 3 heterocycles. The molecule has 2 fully saturated rings. The largest absolute Gasteiger partial charge is 0.476 e. The van der Waals surface area contributed by atoms with E-state index in [0.29, 0.717) is 22.4 Å². The number of carboxylic acid groups (broad SMARTS) is 1. The fraction of sp³-hybridized carbons (Fsp3) is 0.391. The highest BCUT2D eigenvalue weighted by molar-refractivity contribution is 6.29. The van der Waals surface area contributed by atoms with Crippen LogP contribution in [-0.4, -0.2) is 44.6 Å². The van der Waals surface area contributed by atoms with Gasteiger partial charge in [-0.05, 0) is 37.6 Å². The number of piperidine rings is 1. The molecule has 8 nitrogen and oxygen atoms in total. The van der Waals surface area contributed by atoms with Gasteiger partial charge in [-0.15, -0.1) is 0 Å². The van der Waals surface area contributed by atoms with Crippen molar-refractivity contribution < 1.29 is 18.7 Å². The minimum atomic E-state index is -2.64. The molecule has 5 rings (SSSR count). The highest BCUT2D eigenvalue weighted by Crippen LogP contribution is 2.59. The van der Waals surface area contributed by atoms with Crippen LogP contribution in [0.5, 0.6) is 0 Å². The Balaban J connectivity index is 1.57. The number of carbonyl (C=O) groups is 1. The van der Waals surface area contributed by atoms with Crippen LogP contribution in [0.4, 0.5) is 20.4 Å². The second-order valence-electron chi connectivity index (χ2n) is 9.02. The Morgan fingerprint density at radius 2 is 1.94 bits per heavy atom. The predicted molar refractivity (Wildman–Crippen MR) is 124 cm³/mol. The molecule has 1 aliphatic heterocycles. The van der Waals surface area contributed by atoms with Gasteiger partial charge >= 0.3 is 5.97 Å². The molecule has 1 aliphatic carbocycles. The number of aromatic carboxylic acids is 1. The van der Waals surface area contributed by atoms with Crippen molar-refractivity contribution >= 4 is 40.1 Å². The molecule has 0 radical (unpaired) electrons. The molecule has 0 spiro atoms. The number of halogens is 3. The third kappa shape index (κ3) is 3.48. The summed E-state index contributed by atoms with van der Waals surface area (Å²) in [5.74, 6) is -4.93. The molecule has 34 heavy (non-hydrogen) atoms. The summed E-state index contributed by atoms with van der Waals surface area (Å²) in [6, 6.07) is 6.18. The average Bonchev–Trinajstić information content (AvgIpc) is 3.11. The molecule has 11 heteroatoms. The highest BCUT2D eigenvalue weighted by Gasteiger charge is 2.72. The van der Waals surface area contributed by atoms with Crippen LogP contribution in [-0.2, 0) is 7.05 Å². The van der Waals surface area contributed by atoms with Gasteiger partial charge in [0.05, 0.1) is 34.5 Å². The lowest BCUT2D eigenvalue weighted by atomic mass is 10.0. The zero-order chi connectivity index (χ0) is 24.5. The van der Waals surface area contributed by atoms with Crippen LogP contribution in [0, 0.1) is 18.8 Å². The standard InChI is InChI=1S/C23H22ClF2N5O3/c1-10-6-12(11(2)27-16-4-5-17(24)28-19(16)21(33)34)18-13(7-10)20(32)30(3)22(29-18)31-8-14-15(9-31)23(14,25)26/h4-7,11,14-15,27H,8-9H2,1-3H3,(H,33,34)/t11-,14?,15?/m0/s1. The van der Waals surface area contributed by atoms with E-state index in [9.17, 15) is 23.5 Å². The van der Waals surface area contributed by atoms with Gasteiger partial charge < -0.3 is 15.3 Å². The fourth-order valence-electron chi connectivity index (χ4n) is 4.85. The van der Waals surface area contributed by atoms with E-state index in [2.05, 4.69) is 10.3 Å². The van der Waals surface area contributed by atoms with Gasteiger partial charge in [-0.3, -0.25) is 9.36 Å². The predicted octanol–water partition coefficient (Wildman–Crippen LogP) is 3.86. The molecule has 2 unspecified atom stereocenters. The summed E-state index contributed by atoms with van der Waals surface area (Å²) < 4.78 is 28.8. The maximum Gasteiger partial charge on any atom is 0.356 e. The van der Waals surface area contributed by atoms with E-state index < -0.39 is 29.8 Å². The number of pyridine rings is 1. The van der Waals surface area contributed by atoms with Crippen molar-refractivity contribution in [1.29, 1.82) is 0 Å². The number of nitrogens with one attached hydrogen (secondary N) is 1. The molecule has 2 N–H and O–H groups in total. The highest BCUT2D eigenvalue weighted by atomic mass is 35.5. The first-order valence-corrected chi connectivity index (χ1v) is 11.2. The third-order valence-corrected chi connectivity index (χ3v) is 6.93. The fourth-order valence-corrected chi connectivity index (χ4v) is 5.00. The lowest BCUT2D eigenvalue weighted by Gasteiger charge is -2.25. The number of rotatable bonds is 5. The van der Waals surface area contributed by atoms with E-state index in [1.165, 1.54) is 16.7 Å². The van der Waals surface area contributed by atoms with Crippen molar-refractivity contribution in [2.75, 3.05) is 23.3 Å². The van der Waals surface area contributed by atoms with Crippen LogP contribution in [0.2, 0.25) is 5.15 Å². The number of aryl methyl sites for hydroxylation is 1. The summed E-state index contributed by atoms with van der Waals surface area (Å²) in [5, 5.41) is 13.1. The van der Waals surface area contributed by atoms with E-state index in [-0.39, 0.29) is 35.2 Å². The van der Waals surface area contributed by atoms with Crippen LogP contribution in [0.1, 0.15) is 34.6 Å². The Morgan fingerprint density at radius 3 is 2.59 bits per heavy atom. The number of benzene rings is 1. The topological polar surface area (TPSA) is 100 Å². The van der Waals surface area contributed by atoms with Gasteiger partial charge in [-0.1, -0.05) is 17.7 Å². The van der Waals surface area contributed by atoms with Crippen molar-refractivity contribution in [1.82, 2.24) is 14.5 Å². The number of anilines is 2. The van der Waals surface area contributed by atoms with Crippen molar-refractivity contribution in [3.8, 4) is 0 Å². The second-order valence-corrected chi connectivity index (χ2v) is 9.41. The van der Waals surface area contributed by atoms with E-state index in [4.69, 9.17) is 16.6 Å². The summed E-state index contributed by atoms with van der Waals surface area (Å²) >= 11 is 5.86. The van der Waals surface area contributed by atoms with Crippen LogP contribution in [0.3, 0.4) is 0 Å². The quantitative estimate of drug-likeness (QED) is 0.525. The van der Waals surface area contributed by atoms with E-state index in [1.54, 1.807) is 18.0 Å². The smallest absolute Gasteiger partial charge is 0.356 e. The molecule has 178 valence electrons. The summed E-state index contributed by atoms with van der Waals surface area (Å²) in [5.41, 5.74) is 1.72.